The van der Waals surface area contributed by atoms with Crippen LogP contribution in [0.5, 0.6) is 0 Å². The fourth-order valence-corrected chi connectivity index (χ4v) is 6.25. The molecule has 4 rings (SSSR count). The van der Waals surface area contributed by atoms with E-state index in [1.807, 2.05) is 11.8 Å². The van der Waals surface area contributed by atoms with Crippen molar-refractivity contribution in [3.63, 3.8) is 0 Å². The van der Waals surface area contributed by atoms with E-state index in [1.54, 1.807) is 0 Å². The van der Waals surface area contributed by atoms with Gasteiger partial charge in [0.25, 0.3) is 0 Å². The average molecular weight is 483 g/mol. The molecule has 0 aliphatic carbocycles. The molecule has 2 aliphatic heterocycles. The Morgan fingerprint density at radius 1 is 0.824 bits per heavy atom. The third kappa shape index (κ3) is 6.35. The van der Waals surface area contributed by atoms with Crippen LogP contribution in [0.2, 0.25) is 0 Å². The van der Waals surface area contributed by atoms with Crippen LogP contribution in [0.15, 0.2) is 52.3 Å². The van der Waals surface area contributed by atoms with E-state index in [4.69, 9.17) is 0 Å². The molecular weight excluding hydrogens is 438 g/mol. The normalized spacial score (nSPS) is 17.8. The molecule has 0 unspecified atom stereocenters. The van der Waals surface area contributed by atoms with Gasteiger partial charge < -0.3 is 19.2 Å². The van der Waals surface area contributed by atoms with E-state index in [1.165, 1.54) is 96.5 Å². The van der Waals surface area contributed by atoms with Crippen LogP contribution in [0.1, 0.15) is 12.0 Å². The maximum Gasteiger partial charge on any atom is 0.0917 e. The fraction of sp³-hybridized carbons (Fsp3) is 0.571. The van der Waals surface area contributed by atoms with Crippen LogP contribution in [0.4, 0.5) is 11.4 Å². The van der Waals surface area contributed by atoms with E-state index in [0.717, 1.165) is 6.54 Å². The van der Waals surface area contributed by atoms with Gasteiger partial charge >= 0.3 is 0 Å². The summed E-state index contributed by atoms with van der Waals surface area (Å²) in [6.07, 6.45) is 1.20. The molecule has 0 radical (unpaired) electrons. The van der Waals surface area contributed by atoms with Crippen molar-refractivity contribution in [3.8, 4) is 0 Å². The van der Waals surface area contributed by atoms with Gasteiger partial charge in [-0.2, -0.15) is 0 Å². The number of benzene rings is 2. The summed E-state index contributed by atoms with van der Waals surface area (Å²) in [6.45, 7) is 14.4. The van der Waals surface area contributed by atoms with Crippen molar-refractivity contribution < 1.29 is 4.48 Å². The molecule has 1 saturated heterocycles. The second-order valence-corrected chi connectivity index (χ2v) is 11.8. The molecular formula is C28H44N5S+. The van der Waals surface area contributed by atoms with E-state index >= 15 is 0 Å². The van der Waals surface area contributed by atoms with Crippen LogP contribution in [-0.4, -0.2) is 113 Å². The van der Waals surface area contributed by atoms with Crippen molar-refractivity contribution in [3.05, 3.63) is 48.0 Å². The minimum atomic E-state index is 1.08. The largest absolute Gasteiger partial charge is 0.340 e. The van der Waals surface area contributed by atoms with Crippen molar-refractivity contribution in [2.24, 2.45) is 0 Å². The monoisotopic (exact) mass is 482 g/mol. The zero-order chi connectivity index (χ0) is 24.1. The molecule has 2 aliphatic rings. The summed E-state index contributed by atoms with van der Waals surface area (Å²) in [4.78, 5) is 12.7. The standard InChI is InChI=1S/C28H44N5S/c1-24-11-12-28-26(23-24)32(25-9-6-7-10-27(25)34-28)14-8-13-31-17-21-33(22-18-31,19-15-29(2)3)20-16-30(4)5/h6-7,9-12,23H,8,13-22H2,1-5H3/q+1. The van der Waals surface area contributed by atoms with Crippen LogP contribution in [0, 0.1) is 6.92 Å². The first-order chi connectivity index (χ1) is 16.3. The predicted molar refractivity (Wildman–Crippen MR) is 147 cm³/mol. The molecule has 34 heavy (non-hydrogen) atoms. The summed E-state index contributed by atoms with van der Waals surface area (Å²) in [6, 6.07) is 15.8. The number of aryl methyl sites for hydroxylation is 1. The number of quaternary nitrogens is 1. The highest BCUT2D eigenvalue weighted by Gasteiger charge is 2.32. The molecule has 1 fully saturated rings. The van der Waals surface area contributed by atoms with E-state index < -0.39 is 0 Å². The Kier molecular flexibility index (Phi) is 8.59. The lowest BCUT2D eigenvalue weighted by atomic mass is 10.1. The van der Waals surface area contributed by atoms with Crippen molar-refractivity contribution in [2.45, 2.75) is 23.1 Å². The van der Waals surface area contributed by atoms with Crippen LogP contribution < -0.4 is 4.90 Å². The number of likely N-dealkylation sites (N-methyl/N-ethyl adjacent to an activating group) is 2. The second kappa shape index (κ2) is 11.4. The highest BCUT2D eigenvalue weighted by molar-refractivity contribution is 7.99. The third-order valence-electron chi connectivity index (χ3n) is 7.46. The van der Waals surface area contributed by atoms with Gasteiger partial charge in [-0.25, -0.2) is 0 Å². The number of rotatable bonds is 10. The van der Waals surface area contributed by atoms with Crippen molar-refractivity contribution in [1.29, 1.82) is 0 Å². The zero-order valence-corrected chi connectivity index (χ0v) is 22.8. The molecule has 2 aromatic rings. The molecule has 0 N–H and O–H groups in total. The van der Waals surface area contributed by atoms with Gasteiger partial charge in [0, 0.05) is 49.1 Å². The summed E-state index contributed by atoms with van der Waals surface area (Å²) >= 11 is 1.91. The van der Waals surface area contributed by atoms with Gasteiger partial charge in [-0.1, -0.05) is 30.0 Å². The number of anilines is 2. The zero-order valence-electron chi connectivity index (χ0n) is 22.0. The van der Waals surface area contributed by atoms with Gasteiger partial charge in [0.05, 0.1) is 37.6 Å². The lowest BCUT2D eigenvalue weighted by Gasteiger charge is -2.46. The molecule has 2 aromatic carbocycles. The Morgan fingerprint density at radius 2 is 1.47 bits per heavy atom. The number of fused-ring (bicyclic) bond motifs is 2. The number of piperazine rings is 1. The number of hydrogen-bond acceptors (Lipinski definition) is 5. The molecule has 2 heterocycles. The molecule has 0 saturated carbocycles. The summed E-state index contributed by atoms with van der Waals surface area (Å²) < 4.78 is 1.27. The Bertz CT molecular complexity index is 922. The van der Waals surface area contributed by atoms with Crippen molar-refractivity contribution in [2.75, 3.05) is 98.5 Å². The molecule has 0 bridgehead atoms. The number of hydrogen-bond donors (Lipinski definition) is 0. The maximum atomic E-state index is 2.71. The van der Waals surface area contributed by atoms with Crippen LogP contribution >= 0.6 is 11.8 Å². The molecule has 0 atom stereocenters. The highest BCUT2D eigenvalue weighted by atomic mass is 32.2. The molecule has 5 nitrogen and oxygen atoms in total. The van der Waals surface area contributed by atoms with Crippen LogP contribution in [0.3, 0.4) is 0 Å². The minimum Gasteiger partial charge on any atom is -0.340 e. The number of para-hydroxylation sites is 1. The quantitative estimate of drug-likeness (QED) is 0.468. The lowest BCUT2D eigenvalue weighted by molar-refractivity contribution is -0.931. The summed E-state index contributed by atoms with van der Waals surface area (Å²) in [7, 11) is 8.82. The van der Waals surface area contributed by atoms with Crippen molar-refractivity contribution >= 4 is 23.1 Å². The minimum absolute atomic E-state index is 1.08. The summed E-state index contributed by atoms with van der Waals surface area (Å²) in [5.41, 5.74) is 4.09. The lowest BCUT2D eigenvalue weighted by Crippen LogP contribution is -2.62. The maximum absolute atomic E-state index is 2.71. The van der Waals surface area contributed by atoms with E-state index in [0.29, 0.717) is 0 Å². The fourth-order valence-electron chi connectivity index (χ4n) is 5.17. The summed E-state index contributed by atoms with van der Waals surface area (Å²) in [5.74, 6) is 0. The Morgan fingerprint density at radius 3 is 2.15 bits per heavy atom. The van der Waals surface area contributed by atoms with E-state index in [2.05, 4.69) is 97.2 Å². The third-order valence-corrected chi connectivity index (χ3v) is 8.59. The average Bonchev–Trinajstić information content (AvgIpc) is 2.82. The predicted octanol–water partition coefficient (Wildman–Crippen LogP) is 4.24. The SMILES string of the molecule is Cc1ccc2c(c1)N(CCCN1CC[N+](CCN(C)C)(CCN(C)C)CC1)c1ccccc1S2. The van der Waals surface area contributed by atoms with Gasteiger partial charge in [-0.15, -0.1) is 0 Å². The Hall–Kier alpha value is -1.57. The van der Waals surface area contributed by atoms with E-state index in [-0.39, 0.29) is 0 Å². The topological polar surface area (TPSA) is 13.0 Å². The molecule has 0 amide bonds. The van der Waals surface area contributed by atoms with Gasteiger partial charge in [0.15, 0.2) is 0 Å². The molecule has 0 spiro atoms. The van der Waals surface area contributed by atoms with Crippen molar-refractivity contribution in [1.82, 2.24) is 14.7 Å². The van der Waals surface area contributed by atoms with Crippen LogP contribution in [0.25, 0.3) is 0 Å². The summed E-state index contributed by atoms with van der Waals surface area (Å²) in [5, 5.41) is 0. The first-order valence-corrected chi connectivity index (χ1v) is 13.7. The molecule has 0 aromatic heterocycles. The highest BCUT2D eigenvalue weighted by Crippen LogP contribution is 2.48. The van der Waals surface area contributed by atoms with Gasteiger partial charge in [-0.05, 0) is 71.4 Å². The van der Waals surface area contributed by atoms with E-state index in [9.17, 15) is 0 Å². The first kappa shape index (κ1) is 25.5. The van der Waals surface area contributed by atoms with Crippen LogP contribution in [-0.2, 0) is 0 Å². The van der Waals surface area contributed by atoms with Gasteiger partial charge in [0.2, 0.25) is 0 Å². The molecule has 6 heteroatoms. The molecule has 186 valence electrons. The second-order valence-electron chi connectivity index (χ2n) is 10.7. The first-order valence-electron chi connectivity index (χ1n) is 12.9. The smallest absolute Gasteiger partial charge is 0.0917 e. The number of nitrogens with zero attached hydrogens (tertiary/aromatic N) is 5. The van der Waals surface area contributed by atoms with Gasteiger partial charge in [0.1, 0.15) is 0 Å². The Balaban J connectivity index is 1.35. The Labute approximate surface area is 211 Å². The van der Waals surface area contributed by atoms with Gasteiger partial charge in [-0.3, -0.25) is 4.90 Å².